The van der Waals surface area contributed by atoms with Crippen LogP contribution in [0.25, 0.3) is 0 Å². The van der Waals surface area contributed by atoms with Gasteiger partial charge in [0.15, 0.2) is 0 Å². The first kappa shape index (κ1) is 21.8. The standard InChI is InChI=1S/C22H22N4O5S2/c27-21-8-7-16(33(29,30)25-9-1-2-10-25)14-24(21)15-22(28)26-18(19-5-3-11-31-19)13-17(23-26)20-6-4-12-32-20/h3-8,11-12,14,18H,1-2,9-10,13,15H2/t18-/m0/s1. The maximum Gasteiger partial charge on any atom is 0.263 e. The SMILES string of the molecule is O=C(Cn1cc(S(=O)(=O)N2CCCC2)ccc1=O)N1N=C(c2cccs2)C[C@H]1c1ccco1. The third kappa shape index (κ3) is 4.19. The summed E-state index contributed by atoms with van der Waals surface area (Å²) in [5.41, 5.74) is 0.303. The van der Waals surface area contributed by atoms with Crippen molar-refractivity contribution < 1.29 is 17.6 Å². The molecular formula is C22H22N4O5S2. The molecule has 1 amide bonds. The van der Waals surface area contributed by atoms with Crippen LogP contribution in [0.5, 0.6) is 0 Å². The molecule has 5 rings (SSSR count). The van der Waals surface area contributed by atoms with E-state index in [0.717, 1.165) is 28.0 Å². The van der Waals surface area contributed by atoms with Gasteiger partial charge < -0.3 is 8.98 Å². The fourth-order valence-electron chi connectivity index (χ4n) is 4.12. The van der Waals surface area contributed by atoms with E-state index < -0.39 is 27.5 Å². The Morgan fingerprint density at radius 1 is 1.15 bits per heavy atom. The molecule has 1 fully saturated rings. The summed E-state index contributed by atoms with van der Waals surface area (Å²) < 4.78 is 33.9. The van der Waals surface area contributed by atoms with Gasteiger partial charge in [0.2, 0.25) is 10.0 Å². The number of aromatic nitrogens is 1. The van der Waals surface area contributed by atoms with Crippen LogP contribution < -0.4 is 5.56 Å². The zero-order chi connectivity index (χ0) is 23.0. The van der Waals surface area contributed by atoms with Crippen molar-refractivity contribution in [3.63, 3.8) is 0 Å². The molecule has 1 atom stereocenters. The minimum Gasteiger partial charge on any atom is -0.467 e. The fraction of sp³-hybridized carbons (Fsp3) is 0.318. The van der Waals surface area contributed by atoms with E-state index in [2.05, 4.69) is 5.10 Å². The summed E-state index contributed by atoms with van der Waals surface area (Å²) >= 11 is 1.53. The second kappa shape index (κ2) is 8.73. The average Bonchev–Trinajstić information content (AvgIpc) is 3.61. The number of hydrazone groups is 1. The van der Waals surface area contributed by atoms with Crippen molar-refractivity contribution in [3.8, 4) is 0 Å². The van der Waals surface area contributed by atoms with Gasteiger partial charge in [-0.2, -0.15) is 9.41 Å². The van der Waals surface area contributed by atoms with Gasteiger partial charge in [-0.3, -0.25) is 9.59 Å². The van der Waals surface area contributed by atoms with Crippen molar-refractivity contribution in [1.82, 2.24) is 13.9 Å². The van der Waals surface area contributed by atoms with Crippen molar-refractivity contribution in [2.45, 2.75) is 36.7 Å². The number of hydrogen-bond donors (Lipinski definition) is 0. The van der Waals surface area contributed by atoms with Gasteiger partial charge in [0.25, 0.3) is 11.5 Å². The zero-order valence-corrected chi connectivity index (χ0v) is 19.3. The van der Waals surface area contributed by atoms with Crippen LogP contribution in [0.1, 0.15) is 35.9 Å². The Bertz CT molecular complexity index is 1340. The van der Waals surface area contributed by atoms with E-state index >= 15 is 0 Å². The minimum absolute atomic E-state index is 0.00332. The van der Waals surface area contributed by atoms with E-state index in [1.165, 1.54) is 45.2 Å². The molecule has 5 heterocycles. The Morgan fingerprint density at radius 3 is 2.67 bits per heavy atom. The Labute approximate surface area is 194 Å². The Hall–Kier alpha value is -3.02. The largest absolute Gasteiger partial charge is 0.467 e. The predicted molar refractivity (Wildman–Crippen MR) is 122 cm³/mol. The first-order chi connectivity index (χ1) is 15.9. The topological polar surface area (TPSA) is 105 Å². The molecule has 0 aromatic carbocycles. The molecule has 2 aliphatic heterocycles. The summed E-state index contributed by atoms with van der Waals surface area (Å²) in [7, 11) is -3.71. The van der Waals surface area contributed by atoms with Gasteiger partial charge in [-0.25, -0.2) is 13.4 Å². The highest BCUT2D eigenvalue weighted by molar-refractivity contribution is 7.89. The van der Waals surface area contributed by atoms with Crippen LogP contribution in [0.3, 0.4) is 0 Å². The van der Waals surface area contributed by atoms with Gasteiger partial charge in [-0.15, -0.1) is 11.3 Å². The number of rotatable bonds is 6. The number of carbonyl (C=O) groups excluding carboxylic acids is 1. The normalized spacial score (nSPS) is 19.2. The Balaban J connectivity index is 1.43. The van der Waals surface area contributed by atoms with Crippen LogP contribution >= 0.6 is 11.3 Å². The number of hydrogen-bond acceptors (Lipinski definition) is 7. The van der Waals surface area contributed by atoms with Gasteiger partial charge in [-0.1, -0.05) is 6.07 Å². The Kier molecular flexibility index (Phi) is 5.77. The minimum atomic E-state index is -3.71. The lowest BCUT2D eigenvalue weighted by molar-refractivity contribution is -0.134. The molecule has 172 valence electrons. The number of amides is 1. The summed E-state index contributed by atoms with van der Waals surface area (Å²) in [6.45, 7) is 0.582. The molecular weight excluding hydrogens is 464 g/mol. The third-order valence-electron chi connectivity index (χ3n) is 5.81. The van der Waals surface area contributed by atoms with Gasteiger partial charge in [0.05, 0.1) is 21.7 Å². The highest BCUT2D eigenvalue weighted by Gasteiger charge is 2.35. The van der Waals surface area contributed by atoms with E-state index in [0.29, 0.717) is 25.3 Å². The van der Waals surface area contributed by atoms with Crippen LogP contribution in [0.15, 0.2) is 73.4 Å². The van der Waals surface area contributed by atoms with Crippen LogP contribution in [-0.2, 0) is 21.4 Å². The van der Waals surface area contributed by atoms with Gasteiger partial charge >= 0.3 is 0 Å². The maximum absolute atomic E-state index is 13.3. The molecule has 9 nitrogen and oxygen atoms in total. The zero-order valence-electron chi connectivity index (χ0n) is 17.7. The summed E-state index contributed by atoms with van der Waals surface area (Å²) in [5.74, 6) is 0.164. The second-order valence-electron chi connectivity index (χ2n) is 7.94. The van der Waals surface area contributed by atoms with Crippen molar-refractivity contribution in [2.75, 3.05) is 13.1 Å². The monoisotopic (exact) mass is 486 g/mol. The molecule has 0 spiro atoms. The van der Waals surface area contributed by atoms with Crippen molar-refractivity contribution >= 4 is 33.0 Å². The molecule has 0 N–H and O–H groups in total. The molecule has 33 heavy (non-hydrogen) atoms. The second-order valence-corrected chi connectivity index (χ2v) is 10.8. The Morgan fingerprint density at radius 2 is 1.97 bits per heavy atom. The van der Waals surface area contributed by atoms with E-state index in [1.807, 2.05) is 17.5 Å². The molecule has 2 aliphatic rings. The quantitative estimate of drug-likeness (QED) is 0.533. The lowest BCUT2D eigenvalue weighted by atomic mass is 10.1. The third-order valence-corrected chi connectivity index (χ3v) is 8.61. The number of thiophene rings is 1. The van der Waals surface area contributed by atoms with Crippen LogP contribution in [0, 0.1) is 0 Å². The highest BCUT2D eigenvalue weighted by Crippen LogP contribution is 2.34. The summed E-state index contributed by atoms with van der Waals surface area (Å²) in [6.07, 6.45) is 4.89. The predicted octanol–water partition coefficient (Wildman–Crippen LogP) is 2.67. The van der Waals surface area contributed by atoms with Crippen LogP contribution in [-0.4, -0.2) is 47.0 Å². The summed E-state index contributed by atoms with van der Waals surface area (Å²) in [4.78, 5) is 26.7. The smallest absolute Gasteiger partial charge is 0.263 e. The number of sulfonamides is 1. The van der Waals surface area contributed by atoms with Crippen LogP contribution in [0.2, 0.25) is 0 Å². The van der Waals surface area contributed by atoms with Crippen molar-refractivity contribution in [2.24, 2.45) is 5.10 Å². The summed E-state index contributed by atoms with van der Waals surface area (Å²) in [5, 5.41) is 7.81. The van der Waals surface area contributed by atoms with Crippen LogP contribution in [0.4, 0.5) is 0 Å². The van der Waals surface area contributed by atoms with E-state index in [4.69, 9.17) is 4.42 Å². The first-order valence-corrected chi connectivity index (χ1v) is 12.9. The molecule has 0 aliphatic carbocycles. The van der Waals surface area contributed by atoms with Gasteiger partial charge in [0, 0.05) is 31.8 Å². The number of carbonyl (C=O) groups is 1. The first-order valence-electron chi connectivity index (χ1n) is 10.6. The summed E-state index contributed by atoms with van der Waals surface area (Å²) in [6, 6.07) is 9.44. The lowest BCUT2D eigenvalue weighted by Crippen LogP contribution is -2.34. The van der Waals surface area contributed by atoms with Crippen molar-refractivity contribution in [3.05, 3.63) is 75.2 Å². The molecule has 11 heteroatoms. The molecule has 0 saturated carbocycles. The number of nitrogens with zero attached hydrogens (tertiary/aromatic N) is 4. The molecule has 3 aromatic heterocycles. The molecule has 0 unspecified atom stereocenters. The van der Waals surface area contributed by atoms with Gasteiger partial charge in [0.1, 0.15) is 18.3 Å². The number of pyridine rings is 1. The average molecular weight is 487 g/mol. The maximum atomic E-state index is 13.3. The van der Waals surface area contributed by atoms with Crippen molar-refractivity contribution in [1.29, 1.82) is 0 Å². The molecule has 3 aromatic rings. The lowest BCUT2D eigenvalue weighted by Gasteiger charge is -2.21. The molecule has 1 saturated heterocycles. The van der Waals surface area contributed by atoms with E-state index in [-0.39, 0.29) is 11.4 Å². The van der Waals surface area contributed by atoms with Gasteiger partial charge in [-0.05, 0) is 42.5 Å². The van der Waals surface area contributed by atoms with E-state index in [1.54, 1.807) is 12.1 Å². The highest BCUT2D eigenvalue weighted by atomic mass is 32.2. The number of furan rings is 1. The molecule has 0 bridgehead atoms. The van der Waals surface area contributed by atoms with E-state index in [9.17, 15) is 18.0 Å². The molecule has 0 radical (unpaired) electrons. The fourth-order valence-corrected chi connectivity index (χ4v) is 6.37.